The van der Waals surface area contributed by atoms with E-state index in [-0.39, 0.29) is 15.8 Å². The zero-order valence-corrected chi connectivity index (χ0v) is 15.9. The smallest absolute Gasteiger partial charge is 0.224 e. The number of sulfonamides is 1. The Labute approximate surface area is 145 Å². The van der Waals surface area contributed by atoms with E-state index in [0.29, 0.717) is 28.8 Å². The molecular weight excluding hydrogens is 402 g/mol. The topological polar surface area (TPSA) is 71.5 Å². The van der Waals surface area contributed by atoms with Crippen molar-refractivity contribution < 1.29 is 16.8 Å². The second-order valence-electron chi connectivity index (χ2n) is 6.93. The largest absolute Gasteiger partial charge is 0.244 e. The van der Waals surface area contributed by atoms with E-state index < -0.39 is 19.9 Å². The molecule has 1 saturated heterocycles. The number of fused-ring (bicyclic) bond motifs is 5. The Morgan fingerprint density at radius 1 is 1.13 bits per heavy atom. The number of rotatable bonds is 3. The summed E-state index contributed by atoms with van der Waals surface area (Å²) in [5, 5.41) is 0. The van der Waals surface area contributed by atoms with Crippen LogP contribution in [-0.4, -0.2) is 40.0 Å². The van der Waals surface area contributed by atoms with Crippen molar-refractivity contribution >= 4 is 35.8 Å². The van der Waals surface area contributed by atoms with Crippen LogP contribution in [0.4, 0.5) is 0 Å². The van der Waals surface area contributed by atoms with E-state index in [4.69, 9.17) is 0 Å². The predicted octanol–water partition coefficient (Wildman–Crippen LogP) is 2.27. The molecule has 126 valence electrons. The van der Waals surface area contributed by atoms with E-state index in [1.807, 2.05) is 0 Å². The summed E-state index contributed by atoms with van der Waals surface area (Å²) in [5.74, 6) is 1.66. The molecule has 4 rings (SSSR count). The van der Waals surface area contributed by atoms with Crippen LogP contribution in [0, 0.1) is 17.8 Å². The molecule has 0 unspecified atom stereocenters. The van der Waals surface area contributed by atoms with E-state index in [1.54, 1.807) is 4.31 Å². The average Bonchev–Trinajstić information content (AvgIpc) is 2.93. The summed E-state index contributed by atoms with van der Waals surface area (Å²) in [4.78, 5) is 0.0888. The lowest BCUT2D eigenvalue weighted by molar-refractivity contribution is 0.0506. The van der Waals surface area contributed by atoms with Crippen LogP contribution in [0.2, 0.25) is 0 Å². The highest BCUT2D eigenvalue weighted by atomic mass is 79.9. The quantitative estimate of drug-likeness (QED) is 0.752. The summed E-state index contributed by atoms with van der Waals surface area (Å²) in [6.07, 6.45) is 4.57. The summed E-state index contributed by atoms with van der Waals surface area (Å²) >= 11 is 3.27. The minimum atomic E-state index is -3.67. The number of hydrogen-bond acceptors (Lipinski definition) is 4. The van der Waals surface area contributed by atoms with E-state index >= 15 is 0 Å². The lowest BCUT2D eigenvalue weighted by Gasteiger charge is -2.49. The van der Waals surface area contributed by atoms with Crippen molar-refractivity contribution in [2.45, 2.75) is 35.1 Å². The van der Waals surface area contributed by atoms with Crippen molar-refractivity contribution in [2.75, 3.05) is 12.8 Å². The lowest BCUT2D eigenvalue weighted by atomic mass is 9.79. The number of nitrogens with zero attached hydrogens (tertiary/aromatic N) is 1. The van der Waals surface area contributed by atoms with Crippen LogP contribution < -0.4 is 0 Å². The van der Waals surface area contributed by atoms with Crippen LogP contribution in [-0.2, 0) is 19.9 Å². The minimum absolute atomic E-state index is 0.0318. The maximum absolute atomic E-state index is 13.0. The summed E-state index contributed by atoms with van der Waals surface area (Å²) in [6, 6.07) is 4.32. The van der Waals surface area contributed by atoms with Crippen molar-refractivity contribution in [3.8, 4) is 0 Å². The molecule has 2 aliphatic carbocycles. The van der Waals surface area contributed by atoms with Gasteiger partial charge in [0.25, 0.3) is 0 Å². The summed E-state index contributed by atoms with van der Waals surface area (Å²) in [6.45, 7) is 0.573. The van der Waals surface area contributed by atoms with E-state index in [2.05, 4.69) is 15.9 Å². The fourth-order valence-electron chi connectivity index (χ4n) is 4.57. The standard InChI is InChI=1S/C15H18BrNO4S2/c1-22(18,19)11-4-5-13(16)14(7-11)23(20,21)17-8-12-9-2-3-10(6-9)15(12)17/h4-5,7,9-10,12,15H,2-3,6,8H2,1H3/t9-,10-,12+,15+/m0/s1. The number of benzene rings is 1. The Balaban J connectivity index is 1.73. The third-order valence-corrected chi connectivity index (χ3v) is 9.65. The maximum atomic E-state index is 13.0. The van der Waals surface area contributed by atoms with Gasteiger partial charge in [-0.05, 0) is 71.1 Å². The van der Waals surface area contributed by atoms with Gasteiger partial charge in [-0.15, -0.1) is 0 Å². The first-order valence-electron chi connectivity index (χ1n) is 7.71. The van der Waals surface area contributed by atoms with Crippen LogP contribution in [0.1, 0.15) is 19.3 Å². The van der Waals surface area contributed by atoms with Gasteiger partial charge in [0.05, 0.1) is 9.79 Å². The molecule has 0 radical (unpaired) electrons. The maximum Gasteiger partial charge on any atom is 0.244 e. The molecule has 5 nitrogen and oxygen atoms in total. The predicted molar refractivity (Wildman–Crippen MR) is 89.3 cm³/mol. The van der Waals surface area contributed by atoms with Gasteiger partial charge in [0.2, 0.25) is 10.0 Å². The number of hydrogen-bond donors (Lipinski definition) is 0. The van der Waals surface area contributed by atoms with Gasteiger partial charge in [0, 0.05) is 23.3 Å². The highest BCUT2D eigenvalue weighted by Crippen LogP contribution is 2.57. The van der Waals surface area contributed by atoms with Gasteiger partial charge < -0.3 is 0 Å². The molecule has 0 spiro atoms. The fraction of sp³-hybridized carbons (Fsp3) is 0.600. The molecule has 2 bridgehead atoms. The van der Waals surface area contributed by atoms with Crippen LogP contribution >= 0.6 is 15.9 Å². The van der Waals surface area contributed by atoms with Gasteiger partial charge >= 0.3 is 0 Å². The first kappa shape index (κ1) is 16.1. The van der Waals surface area contributed by atoms with Crippen molar-refractivity contribution in [3.05, 3.63) is 22.7 Å². The second kappa shape index (κ2) is 5.03. The molecule has 1 aromatic carbocycles. The van der Waals surface area contributed by atoms with Gasteiger partial charge in [-0.25, -0.2) is 16.8 Å². The third kappa shape index (κ3) is 2.33. The Kier molecular flexibility index (Phi) is 3.51. The number of halogens is 1. The van der Waals surface area contributed by atoms with Gasteiger partial charge in [-0.3, -0.25) is 0 Å². The van der Waals surface area contributed by atoms with Gasteiger partial charge in [-0.2, -0.15) is 4.31 Å². The zero-order valence-electron chi connectivity index (χ0n) is 12.6. The van der Waals surface area contributed by atoms with E-state index in [0.717, 1.165) is 19.1 Å². The molecule has 0 amide bonds. The van der Waals surface area contributed by atoms with E-state index in [9.17, 15) is 16.8 Å². The van der Waals surface area contributed by atoms with Crippen molar-refractivity contribution in [2.24, 2.45) is 17.8 Å². The summed E-state index contributed by atoms with van der Waals surface area (Å²) in [7, 11) is -7.12. The van der Waals surface area contributed by atoms with Crippen LogP contribution in [0.25, 0.3) is 0 Å². The molecule has 3 aliphatic rings. The monoisotopic (exact) mass is 419 g/mol. The second-order valence-corrected chi connectivity index (χ2v) is 11.7. The molecule has 23 heavy (non-hydrogen) atoms. The molecule has 1 aliphatic heterocycles. The fourth-order valence-corrected chi connectivity index (χ4v) is 8.02. The lowest BCUT2D eigenvalue weighted by Crippen LogP contribution is -2.60. The molecule has 3 fully saturated rings. The molecule has 2 saturated carbocycles. The Morgan fingerprint density at radius 3 is 2.48 bits per heavy atom. The van der Waals surface area contributed by atoms with E-state index in [1.165, 1.54) is 24.6 Å². The van der Waals surface area contributed by atoms with Crippen molar-refractivity contribution in [1.82, 2.24) is 4.31 Å². The third-order valence-electron chi connectivity index (χ3n) is 5.68. The van der Waals surface area contributed by atoms with Crippen LogP contribution in [0.15, 0.2) is 32.5 Å². The first-order chi connectivity index (χ1) is 10.7. The minimum Gasteiger partial charge on any atom is -0.224 e. The molecule has 1 heterocycles. The molecule has 4 atom stereocenters. The van der Waals surface area contributed by atoms with Gasteiger partial charge in [0.15, 0.2) is 9.84 Å². The van der Waals surface area contributed by atoms with Gasteiger partial charge in [0.1, 0.15) is 0 Å². The molecule has 8 heteroatoms. The Hall–Kier alpha value is -0.440. The van der Waals surface area contributed by atoms with Crippen LogP contribution in [0.3, 0.4) is 0 Å². The molecular formula is C15H18BrNO4S2. The average molecular weight is 420 g/mol. The summed E-state index contributed by atoms with van der Waals surface area (Å²) < 4.78 is 51.6. The normalized spacial score (nSPS) is 33.5. The summed E-state index contributed by atoms with van der Waals surface area (Å²) in [5.41, 5.74) is 0. The SMILES string of the molecule is CS(=O)(=O)c1ccc(Br)c(S(=O)(=O)N2C[C@@H]3[C@H]4CC[C@@H](C4)[C@H]32)c1. The number of sulfone groups is 1. The Morgan fingerprint density at radius 2 is 1.83 bits per heavy atom. The van der Waals surface area contributed by atoms with Crippen molar-refractivity contribution in [1.29, 1.82) is 0 Å². The molecule has 0 N–H and O–H groups in total. The molecule has 1 aromatic rings. The molecule has 0 aromatic heterocycles. The highest BCUT2D eigenvalue weighted by Gasteiger charge is 2.59. The zero-order chi connectivity index (χ0) is 16.6. The van der Waals surface area contributed by atoms with Crippen LogP contribution in [0.5, 0.6) is 0 Å². The highest BCUT2D eigenvalue weighted by molar-refractivity contribution is 9.10. The Bertz CT molecular complexity index is 879. The van der Waals surface area contributed by atoms with Crippen molar-refractivity contribution in [3.63, 3.8) is 0 Å². The van der Waals surface area contributed by atoms with Gasteiger partial charge in [-0.1, -0.05) is 0 Å². The first-order valence-corrected chi connectivity index (χ1v) is 11.8.